The van der Waals surface area contributed by atoms with Crippen molar-refractivity contribution in [3.05, 3.63) is 76.7 Å². The number of nitrogens with one attached hydrogen (secondary N) is 2. The minimum atomic E-state index is -0.285. The minimum absolute atomic E-state index is 0.285. The Balaban J connectivity index is 1.75. The number of halogens is 3. The molecule has 0 saturated heterocycles. The molecule has 0 spiro atoms. The number of pyridine rings is 1. The van der Waals surface area contributed by atoms with E-state index in [1.165, 1.54) is 23.9 Å². The maximum atomic E-state index is 13.4. The Morgan fingerprint density at radius 2 is 1.72 bits per heavy atom. The fraction of sp³-hybridized carbons (Fsp3) is 0.0476. The summed E-state index contributed by atoms with van der Waals surface area (Å²) in [6.45, 7) is 0. The highest BCUT2D eigenvalue weighted by atomic mass is 35.5. The summed E-state index contributed by atoms with van der Waals surface area (Å²) >= 11 is 14.0. The van der Waals surface area contributed by atoms with Crippen LogP contribution in [0.4, 0.5) is 15.9 Å². The van der Waals surface area contributed by atoms with Crippen LogP contribution >= 0.6 is 35.0 Å². The molecule has 146 valence electrons. The highest BCUT2D eigenvalue weighted by molar-refractivity contribution is 7.98. The van der Waals surface area contributed by atoms with Crippen LogP contribution in [0, 0.1) is 5.82 Å². The van der Waals surface area contributed by atoms with Crippen molar-refractivity contribution in [1.82, 2.24) is 15.0 Å². The first-order valence-electron chi connectivity index (χ1n) is 8.62. The van der Waals surface area contributed by atoms with E-state index >= 15 is 0 Å². The lowest BCUT2D eigenvalue weighted by Gasteiger charge is -2.10. The van der Waals surface area contributed by atoms with Gasteiger partial charge in [-0.2, -0.15) is 0 Å². The minimum Gasteiger partial charge on any atom is -0.338 e. The number of imidazole rings is 1. The molecule has 0 saturated carbocycles. The lowest BCUT2D eigenvalue weighted by Crippen LogP contribution is -1.96. The number of hydrogen-bond donors (Lipinski definition) is 2. The van der Waals surface area contributed by atoms with Crippen LogP contribution in [0.15, 0.2) is 66.0 Å². The highest BCUT2D eigenvalue weighted by Gasteiger charge is 2.15. The van der Waals surface area contributed by atoms with Crippen molar-refractivity contribution in [2.75, 3.05) is 11.6 Å². The molecule has 0 amide bonds. The predicted molar refractivity (Wildman–Crippen MR) is 119 cm³/mol. The van der Waals surface area contributed by atoms with Gasteiger partial charge in [-0.25, -0.2) is 14.4 Å². The van der Waals surface area contributed by atoms with Crippen LogP contribution in [-0.4, -0.2) is 21.2 Å². The number of benzene rings is 2. The largest absolute Gasteiger partial charge is 0.338 e. The van der Waals surface area contributed by atoms with Crippen LogP contribution < -0.4 is 5.32 Å². The number of anilines is 2. The van der Waals surface area contributed by atoms with Gasteiger partial charge in [0.1, 0.15) is 11.6 Å². The van der Waals surface area contributed by atoms with Crippen molar-refractivity contribution in [2.24, 2.45) is 0 Å². The van der Waals surface area contributed by atoms with Crippen molar-refractivity contribution in [3.8, 4) is 22.5 Å². The number of para-hydroxylation sites is 1. The smallest absolute Gasteiger partial charge is 0.166 e. The van der Waals surface area contributed by atoms with E-state index in [1.807, 2.05) is 18.4 Å². The first kappa shape index (κ1) is 19.8. The second-order valence-corrected chi connectivity index (χ2v) is 7.74. The summed E-state index contributed by atoms with van der Waals surface area (Å²) in [6.07, 6.45) is 3.63. The molecule has 0 fully saturated rings. The zero-order valence-corrected chi connectivity index (χ0v) is 17.5. The number of thioether (sulfide) groups is 1. The first-order chi connectivity index (χ1) is 14.0. The standard InChI is InChI=1S/C21H15Cl2FN4S/c1-29-21-27-18(12-5-7-14(24)8-6-12)19(28-21)13-9-10-25-17(11-13)26-20-15(22)3-2-4-16(20)23/h2-11H,1H3,(H,25,26)(H,27,28). The molecule has 2 aromatic carbocycles. The van der Waals surface area contributed by atoms with Crippen LogP contribution in [0.3, 0.4) is 0 Å². The predicted octanol–water partition coefficient (Wildman–Crippen LogP) is 7.05. The molecule has 0 radical (unpaired) electrons. The third kappa shape index (κ3) is 4.24. The molecule has 2 heterocycles. The molecule has 0 aliphatic heterocycles. The molecule has 4 rings (SSSR count). The van der Waals surface area contributed by atoms with Gasteiger partial charge in [-0.1, -0.05) is 41.0 Å². The fourth-order valence-corrected chi connectivity index (χ4v) is 3.75. The van der Waals surface area contributed by atoms with Gasteiger partial charge in [-0.3, -0.25) is 0 Å². The van der Waals surface area contributed by atoms with Gasteiger partial charge in [-0.15, -0.1) is 0 Å². The summed E-state index contributed by atoms with van der Waals surface area (Å²) in [5.74, 6) is 0.295. The van der Waals surface area contributed by atoms with Gasteiger partial charge in [0.2, 0.25) is 0 Å². The molecule has 29 heavy (non-hydrogen) atoms. The highest BCUT2D eigenvalue weighted by Crippen LogP contribution is 2.35. The van der Waals surface area contributed by atoms with Crippen LogP contribution in [0.5, 0.6) is 0 Å². The number of hydrogen-bond acceptors (Lipinski definition) is 4. The lowest BCUT2D eigenvalue weighted by atomic mass is 10.1. The van der Waals surface area contributed by atoms with Crippen LogP contribution in [0.1, 0.15) is 0 Å². The third-order valence-electron chi connectivity index (χ3n) is 4.26. The molecule has 0 unspecified atom stereocenters. The maximum Gasteiger partial charge on any atom is 0.166 e. The molecule has 4 aromatic rings. The molecule has 0 aliphatic carbocycles. The Morgan fingerprint density at radius 1 is 1.00 bits per heavy atom. The number of aromatic amines is 1. The van der Waals surface area contributed by atoms with Gasteiger partial charge in [0.15, 0.2) is 5.16 Å². The zero-order chi connectivity index (χ0) is 20.4. The quantitative estimate of drug-likeness (QED) is 0.323. The third-order valence-corrected chi connectivity index (χ3v) is 5.47. The topological polar surface area (TPSA) is 53.6 Å². The second-order valence-electron chi connectivity index (χ2n) is 6.13. The van der Waals surface area contributed by atoms with Crippen molar-refractivity contribution in [2.45, 2.75) is 5.16 Å². The average Bonchev–Trinajstić information content (AvgIpc) is 3.16. The molecule has 0 aliphatic rings. The summed E-state index contributed by atoms with van der Waals surface area (Å²) in [6, 6.07) is 15.3. The molecule has 0 bridgehead atoms. The van der Waals surface area contributed by atoms with Gasteiger partial charge in [0.25, 0.3) is 0 Å². The lowest BCUT2D eigenvalue weighted by molar-refractivity contribution is 0.628. The summed E-state index contributed by atoms with van der Waals surface area (Å²) in [5, 5.41) is 4.94. The number of rotatable bonds is 5. The van der Waals surface area contributed by atoms with Crippen LogP contribution in [0.25, 0.3) is 22.5 Å². The van der Waals surface area contributed by atoms with Gasteiger partial charge in [0.05, 0.1) is 27.1 Å². The molecular formula is C21H15Cl2FN4S. The van der Waals surface area contributed by atoms with Gasteiger partial charge >= 0.3 is 0 Å². The van der Waals surface area contributed by atoms with E-state index in [1.54, 1.807) is 36.5 Å². The van der Waals surface area contributed by atoms with Crippen molar-refractivity contribution in [3.63, 3.8) is 0 Å². The summed E-state index contributed by atoms with van der Waals surface area (Å²) in [5.41, 5.74) is 3.83. The number of H-pyrrole nitrogens is 1. The Morgan fingerprint density at radius 3 is 2.41 bits per heavy atom. The second kappa shape index (κ2) is 8.45. The van der Waals surface area contributed by atoms with Crippen LogP contribution in [-0.2, 0) is 0 Å². The van der Waals surface area contributed by atoms with E-state index in [9.17, 15) is 4.39 Å². The Hall–Kier alpha value is -2.54. The fourth-order valence-electron chi connectivity index (χ4n) is 2.87. The molecule has 8 heteroatoms. The van der Waals surface area contributed by atoms with Crippen molar-refractivity contribution < 1.29 is 4.39 Å². The number of nitrogens with zero attached hydrogens (tertiary/aromatic N) is 2. The zero-order valence-electron chi connectivity index (χ0n) is 15.2. The van der Waals surface area contributed by atoms with E-state index in [0.29, 0.717) is 21.6 Å². The van der Waals surface area contributed by atoms with Crippen molar-refractivity contribution in [1.29, 1.82) is 0 Å². The first-order valence-corrected chi connectivity index (χ1v) is 10.6. The average molecular weight is 445 g/mol. The van der Waals surface area contributed by atoms with E-state index in [2.05, 4.69) is 20.3 Å². The summed E-state index contributed by atoms with van der Waals surface area (Å²) < 4.78 is 13.4. The van der Waals surface area contributed by atoms with E-state index in [4.69, 9.17) is 23.2 Å². The Bertz CT molecular complexity index is 1140. The Kier molecular flexibility index (Phi) is 5.76. The van der Waals surface area contributed by atoms with E-state index < -0.39 is 0 Å². The number of aromatic nitrogens is 3. The summed E-state index contributed by atoms with van der Waals surface area (Å²) in [7, 11) is 0. The molecule has 2 N–H and O–H groups in total. The molecule has 2 aromatic heterocycles. The van der Waals surface area contributed by atoms with Crippen LogP contribution in [0.2, 0.25) is 10.0 Å². The Labute approximate surface area is 181 Å². The van der Waals surface area contributed by atoms with Gasteiger partial charge in [-0.05, 0) is 54.8 Å². The van der Waals surface area contributed by atoms with E-state index in [0.717, 1.165) is 27.7 Å². The van der Waals surface area contributed by atoms with Crippen molar-refractivity contribution >= 4 is 46.5 Å². The SMILES string of the molecule is CSc1nc(-c2ccnc(Nc3c(Cl)cccc3Cl)c2)c(-c2ccc(F)cc2)[nH]1. The maximum absolute atomic E-state index is 13.4. The molecular weight excluding hydrogens is 430 g/mol. The summed E-state index contributed by atoms with van der Waals surface area (Å²) in [4.78, 5) is 12.3. The normalized spacial score (nSPS) is 10.9. The van der Waals surface area contributed by atoms with Gasteiger partial charge in [0, 0.05) is 17.3 Å². The molecule has 4 nitrogen and oxygen atoms in total. The molecule has 0 atom stereocenters. The van der Waals surface area contributed by atoms with E-state index in [-0.39, 0.29) is 5.82 Å². The van der Waals surface area contributed by atoms with Gasteiger partial charge < -0.3 is 10.3 Å². The monoisotopic (exact) mass is 444 g/mol.